The van der Waals surface area contributed by atoms with E-state index in [-0.39, 0.29) is 12.2 Å². The van der Waals surface area contributed by atoms with Crippen LogP contribution in [0.4, 0.5) is 5.69 Å². The van der Waals surface area contributed by atoms with Crippen molar-refractivity contribution in [1.29, 1.82) is 0 Å². The number of aromatic amines is 2. The van der Waals surface area contributed by atoms with Crippen molar-refractivity contribution in [1.82, 2.24) is 9.97 Å². The number of amides is 1. The van der Waals surface area contributed by atoms with Gasteiger partial charge in [0.05, 0.1) is 6.54 Å². The highest BCUT2D eigenvalue weighted by Crippen LogP contribution is 2.14. The fourth-order valence-electron chi connectivity index (χ4n) is 1.73. The summed E-state index contributed by atoms with van der Waals surface area (Å²) in [4.78, 5) is 27.6. The molecule has 102 valence electrons. The highest BCUT2D eigenvalue weighted by atomic mass is 16.2. The summed E-state index contributed by atoms with van der Waals surface area (Å²) in [5.41, 5.74) is 7.43. The lowest BCUT2D eigenvalue weighted by Crippen LogP contribution is -2.14. The van der Waals surface area contributed by atoms with Crippen LogP contribution >= 0.6 is 0 Å². The van der Waals surface area contributed by atoms with E-state index >= 15 is 0 Å². The third kappa shape index (κ3) is 3.37. The molecule has 20 heavy (non-hydrogen) atoms. The lowest BCUT2D eigenvalue weighted by Gasteiger charge is -2.05. The first-order chi connectivity index (χ1) is 9.58. The van der Waals surface area contributed by atoms with E-state index in [9.17, 15) is 9.59 Å². The summed E-state index contributed by atoms with van der Waals surface area (Å²) in [6.45, 7) is 2.18. The minimum absolute atomic E-state index is 0.172. The van der Waals surface area contributed by atoms with E-state index in [0.717, 1.165) is 11.1 Å². The molecule has 0 aliphatic heterocycles. The Bertz CT molecular complexity index is 746. The molecule has 0 radical (unpaired) electrons. The van der Waals surface area contributed by atoms with E-state index in [4.69, 9.17) is 5.73 Å². The highest BCUT2D eigenvalue weighted by molar-refractivity contribution is 6.02. The van der Waals surface area contributed by atoms with Gasteiger partial charge in [-0.25, -0.2) is 4.79 Å². The summed E-state index contributed by atoms with van der Waals surface area (Å²) in [5.74, 6) is 5.28. The second-order valence-corrected chi connectivity index (χ2v) is 4.20. The lowest BCUT2D eigenvalue weighted by molar-refractivity contribution is 0.102. The minimum Gasteiger partial charge on any atom is -0.321 e. The van der Waals surface area contributed by atoms with Gasteiger partial charge in [0.2, 0.25) is 0 Å². The Labute approximate surface area is 115 Å². The maximum atomic E-state index is 11.9. The number of anilines is 1. The van der Waals surface area contributed by atoms with Crippen LogP contribution in [0.1, 0.15) is 21.6 Å². The Morgan fingerprint density at radius 2 is 2.20 bits per heavy atom. The van der Waals surface area contributed by atoms with E-state index in [1.165, 1.54) is 6.20 Å². The van der Waals surface area contributed by atoms with Crippen LogP contribution in [0.25, 0.3) is 0 Å². The summed E-state index contributed by atoms with van der Waals surface area (Å²) in [6.07, 6.45) is 1.32. The molecule has 6 nitrogen and oxygen atoms in total. The predicted octanol–water partition coefficient (Wildman–Crippen LogP) is 0.574. The smallest absolute Gasteiger partial charge is 0.321 e. The molecule has 2 aromatic rings. The van der Waals surface area contributed by atoms with Crippen LogP contribution in [0.5, 0.6) is 0 Å². The molecule has 0 saturated carbocycles. The topological polar surface area (TPSA) is 104 Å². The maximum absolute atomic E-state index is 11.9. The number of benzene rings is 1. The quantitative estimate of drug-likeness (QED) is 0.600. The molecule has 5 N–H and O–H groups in total. The lowest BCUT2D eigenvalue weighted by atomic mass is 10.1. The second kappa shape index (κ2) is 5.91. The van der Waals surface area contributed by atoms with Gasteiger partial charge in [-0.3, -0.25) is 4.79 Å². The first-order valence-electron chi connectivity index (χ1n) is 5.98. The molecule has 0 aliphatic rings. The molecule has 1 aromatic heterocycles. The fourth-order valence-corrected chi connectivity index (χ4v) is 1.73. The summed E-state index contributed by atoms with van der Waals surface area (Å²) >= 11 is 0. The molecular weight excluding hydrogens is 256 g/mol. The van der Waals surface area contributed by atoms with Gasteiger partial charge in [-0.2, -0.15) is 0 Å². The van der Waals surface area contributed by atoms with Crippen molar-refractivity contribution in [2.75, 3.05) is 11.9 Å². The van der Waals surface area contributed by atoms with Gasteiger partial charge in [0.15, 0.2) is 0 Å². The van der Waals surface area contributed by atoms with Crippen molar-refractivity contribution < 1.29 is 4.79 Å². The molecule has 0 saturated heterocycles. The number of H-pyrrole nitrogens is 2. The maximum Gasteiger partial charge on any atom is 0.323 e. The van der Waals surface area contributed by atoms with Crippen molar-refractivity contribution in [2.45, 2.75) is 6.92 Å². The molecule has 1 amide bonds. The summed E-state index contributed by atoms with van der Waals surface area (Å²) in [6, 6.07) is 5.46. The Hall–Kier alpha value is -2.78. The van der Waals surface area contributed by atoms with Crippen molar-refractivity contribution in [3.8, 4) is 11.8 Å². The average molecular weight is 270 g/mol. The Kier molecular flexibility index (Phi) is 4.03. The largest absolute Gasteiger partial charge is 0.323 e. The molecule has 0 fully saturated rings. The van der Waals surface area contributed by atoms with Crippen LogP contribution in [0.2, 0.25) is 0 Å². The summed E-state index contributed by atoms with van der Waals surface area (Å²) in [5, 5.41) is 2.70. The summed E-state index contributed by atoms with van der Waals surface area (Å²) < 4.78 is 0. The van der Waals surface area contributed by atoms with Crippen molar-refractivity contribution >= 4 is 11.6 Å². The third-order valence-corrected chi connectivity index (χ3v) is 2.51. The Balaban J connectivity index is 2.23. The minimum atomic E-state index is -0.422. The van der Waals surface area contributed by atoms with Gasteiger partial charge >= 0.3 is 5.69 Å². The van der Waals surface area contributed by atoms with E-state index in [1.54, 1.807) is 6.07 Å². The highest BCUT2D eigenvalue weighted by Gasteiger charge is 2.08. The number of hydrogen-bond acceptors (Lipinski definition) is 3. The molecule has 0 bridgehead atoms. The number of aromatic nitrogens is 2. The van der Waals surface area contributed by atoms with Crippen molar-refractivity contribution in [3.05, 3.63) is 51.7 Å². The fraction of sp³-hybridized carbons (Fsp3) is 0.143. The molecule has 2 rings (SSSR count). The average Bonchev–Trinajstić information content (AvgIpc) is 2.82. The molecule has 1 aromatic carbocycles. The molecular formula is C14H14N4O2. The zero-order valence-electron chi connectivity index (χ0n) is 10.9. The number of carbonyl (C=O) groups is 1. The number of rotatable bonds is 2. The number of hydrogen-bond donors (Lipinski definition) is 4. The standard InChI is InChI=1S/C14H14N4O2/c1-9-5-10(3-2-4-15)7-11(6-9)17-13(19)12-8-16-14(20)18-12/h5-8H,4,15H2,1H3,(H,17,19)(H2,16,18,20). The molecule has 0 spiro atoms. The van der Waals surface area contributed by atoms with E-state index in [2.05, 4.69) is 27.1 Å². The first kappa shape index (κ1) is 13.6. The van der Waals surface area contributed by atoms with E-state index in [0.29, 0.717) is 5.69 Å². The van der Waals surface area contributed by atoms with Crippen LogP contribution in [0.15, 0.2) is 29.2 Å². The first-order valence-corrected chi connectivity index (χ1v) is 5.98. The predicted molar refractivity (Wildman–Crippen MR) is 76.5 cm³/mol. The van der Waals surface area contributed by atoms with Crippen molar-refractivity contribution in [2.24, 2.45) is 5.73 Å². The number of nitrogens with one attached hydrogen (secondary N) is 3. The van der Waals surface area contributed by atoms with Gasteiger partial charge < -0.3 is 21.0 Å². The number of aryl methyl sites for hydroxylation is 1. The molecule has 0 aliphatic carbocycles. The second-order valence-electron chi connectivity index (χ2n) is 4.20. The van der Waals surface area contributed by atoms with Gasteiger partial charge in [-0.05, 0) is 30.7 Å². The zero-order valence-corrected chi connectivity index (χ0v) is 10.9. The number of imidazole rings is 1. The molecule has 0 atom stereocenters. The van der Waals surface area contributed by atoms with Gasteiger partial charge in [-0.15, -0.1) is 0 Å². The van der Waals surface area contributed by atoms with Crippen LogP contribution < -0.4 is 16.7 Å². The number of carbonyl (C=O) groups excluding carboxylic acids is 1. The Morgan fingerprint density at radius 3 is 2.85 bits per heavy atom. The SMILES string of the molecule is Cc1cc(C#CCN)cc(NC(=O)c2c[nH]c(=O)[nH]2)c1. The normalized spacial score (nSPS) is 9.70. The number of nitrogens with two attached hydrogens (primary N) is 1. The van der Waals surface area contributed by atoms with Crippen molar-refractivity contribution in [3.63, 3.8) is 0 Å². The zero-order chi connectivity index (χ0) is 14.5. The molecule has 1 heterocycles. The monoisotopic (exact) mass is 270 g/mol. The third-order valence-electron chi connectivity index (χ3n) is 2.51. The Morgan fingerprint density at radius 1 is 1.40 bits per heavy atom. The van der Waals surface area contributed by atoms with Crippen LogP contribution in [0, 0.1) is 18.8 Å². The van der Waals surface area contributed by atoms with Gasteiger partial charge in [0.1, 0.15) is 5.69 Å². The van der Waals surface area contributed by atoms with E-state index in [1.807, 2.05) is 19.1 Å². The van der Waals surface area contributed by atoms with Crippen LogP contribution in [-0.4, -0.2) is 22.4 Å². The van der Waals surface area contributed by atoms with Gasteiger partial charge in [0.25, 0.3) is 5.91 Å². The molecule has 6 heteroatoms. The van der Waals surface area contributed by atoms with Crippen LogP contribution in [0.3, 0.4) is 0 Å². The van der Waals surface area contributed by atoms with E-state index < -0.39 is 11.6 Å². The van der Waals surface area contributed by atoms with Crippen LogP contribution in [-0.2, 0) is 0 Å². The molecule has 0 unspecified atom stereocenters. The van der Waals surface area contributed by atoms with Gasteiger partial charge in [-0.1, -0.05) is 11.8 Å². The van der Waals surface area contributed by atoms with Gasteiger partial charge in [0, 0.05) is 17.4 Å². The summed E-state index contributed by atoms with van der Waals surface area (Å²) in [7, 11) is 0.